The summed E-state index contributed by atoms with van der Waals surface area (Å²) >= 11 is 1.44. The van der Waals surface area contributed by atoms with Gasteiger partial charge in [-0.1, -0.05) is 6.07 Å². The number of benzene rings is 2. The summed E-state index contributed by atoms with van der Waals surface area (Å²) in [7, 11) is 1.63. The zero-order chi connectivity index (χ0) is 17.2. The highest BCUT2D eigenvalue weighted by Gasteiger charge is 2.13. The van der Waals surface area contributed by atoms with Gasteiger partial charge >= 0.3 is 0 Å². The molecule has 0 aliphatic rings. The van der Waals surface area contributed by atoms with Crippen LogP contribution in [0.2, 0.25) is 0 Å². The van der Waals surface area contributed by atoms with Gasteiger partial charge in [-0.3, -0.25) is 4.79 Å². The van der Waals surface area contributed by atoms with Crippen molar-refractivity contribution < 1.29 is 9.53 Å². The predicted octanol–water partition coefficient (Wildman–Crippen LogP) is 4.55. The van der Waals surface area contributed by atoms with Gasteiger partial charge in [0.25, 0.3) is 5.91 Å². The second kappa shape index (κ2) is 6.41. The van der Waals surface area contributed by atoms with Crippen LogP contribution < -0.4 is 10.1 Å². The molecule has 1 amide bonds. The van der Waals surface area contributed by atoms with Gasteiger partial charge in [-0.25, -0.2) is 4.98 Å². The van der Waals surface area contributed by atoms with Crippen LogP contribution in [0.15, 0.2) is 60.1 Å². The van der Waals surface area contributed by atoms with Crippen LogP contribution in [-0.4, -0.2) is 23.0 Å². The molecule has 0 aliphatic heterocycles. The highest BCUT2D eigenvalue weighted by Crippen LogP contribution is 2.27. The zero-order valence-corrected chi connectivity index (χ0v) is 14.3. The molecule has 0 fully saturated rings. The molecule has 0 unspecified atom stereocenters. The van der Waals surface area contributed by atoms with Crippen molar-refractivity contribution in [2.75, 3.05) is 12.4 Å². The van der Waals surface area contributed by atoms with Gasteiger partial charge in [-0.05, 0) is 42.5 Å². The number of nitrogens with one attached hydrogen (secondary N) is 2. The molecule has 0 spiro atoms. The summed E-state index contributed by atoms with van der Waals surface area (Å²) in [6, 6.07) is 15.3. The van der Waals surface area contributed by atoms with Crippen molar-refractivity contribution in [3.63, 3.8) is 0 Å². The number of carbonyl (C=O) groups excluding carboxylic acids is 1. The van der Waals surface area contributed by atoms with E-state index in [9.17, 15) is 4.79 Å². The Bertz CT molecular complexity index is 1030. The predicted molar refractivity (Wildman–Crippen MR) is 100 cm³/mol. The third-order valence-electron chi connectivity index (χ3n) is 3.92. The molecular weight excluding hydrogens is 334 g/mol. The van der Waals surface area contributed by atoms with Crippen LogP contribution in [0, 0.1) is 0 Å². The number of amides is 1. The van der Waals surface area contributed by atoms with Crippen LogP contribution in [0.25, 0.3) is 21.5 Å². The Labute approximate surface area is 148 Å². The number of hydrogen-bond donors (Lipinski definition) is 2. The van der Waals surface area contributed by atoms with Crippen LogP contribution >= 0.6 is 11.3 Å². The first-order valence-corrected chi connectivity index (χ1v) is 8.60. The summed E-state index contributed by atoms with van der Waals surface area (Å²) in [6.07, 6.45) is 1.85. The molecule has 2 aromatic heterocycles. The molecule has 2 heterocycles. The fourth-order valence-corrected chi connectivity index (χ4v) is 3.43. The van der Waals surface area contributed by atoms with E-state index >= 15 is 0 Å². The number of hydrogen-bond acceptors (Lipinski definition) is 4. The first-order valence-electron chi connectivity index (χ1n) is 7.72. The van der Waals surface area contributed by atoms with Crippen LogP contribution in [0.4, 0.5) is 5.69 Å². The molecule has 0 saturated heterocycles. The molecule has 6 heteroatoms. The number of anilines is 1. The molecule has 0 radical (unpaired) electrons. The highest BCUT2D eigenvalue weighted by molar-refractivity contribution is 7.13. The van der Waals surface area contributed by atoms with Gasteiger partial charge in [-0.2, -0.15) is 0 Å². The molecule has 5 nitrogen and oxygen atoms in total. The summed E-state index contributed by atoms with van der Waals surface area (Å²) in [5.74, 6) is 0.572. The van der Waals surface area contributed by atoms with Crippen molar-refractivity contribution in [2.24, 2.45) is 0 Å². The molecule has 4 aromatic rings. The number of fused-ring (bicyclic) bond motifs is 1. The molecule has 0 saturated carbocycles. The molecule has 124 valence electrons. The molecule has 2 aromatic carbocycles. The maximum Gasteiger partial charge on any atom is 0.275 e. The van der Waals surface area contributed by atoms with E-state index in [4.69, 9.17) is 4.74 Å². The van der Waals surface area contributed by atoms with Crippen LogP contribution in [0.3, 0.4) is 0 Å². The van der Waals surface area contributed by atoms with Gasteiger partial charge in [-0.15, -0.1) is 11.3 Å². The van der Waals surface area contributed by atoms with Crippen molar-refractivity contribution >= 4 is 33.8 Å². The van der Waals surface area contributed by atoms with E-state index in [1.165, 1.54) is 11.3 Å². The first-order chi connectivity index (χ1) is 12.2. The summed E-state index contributed by atoms with van der Waals surface area (Å²) in [4.78, 5) is 20.1. The number of H-pyrrole nitrogens is 1. The van der Waals surface area contributed by atoms with Crippen molar-refractivity contribution in [1.82, 2.24) is 9.97 Å². The lowest BCUT2D eigenvalue weighted by Crippen LogP contribution is -2.12. The zero-order valence-electron chi connectivity index (χ0n) is 13.4. The van der Waals surface area contributed by atoms with Gasteiger partial charge < -0.3 is 15.0 Å². The molecule has 0 atom stereocenters. The van der Waals surface area contributed by atoms with E-state index in [1.54, 1.807) is 12.5 Å². The van der Waals surface area contributed by atoms with Gasteiger partial charge in [0.1, 0.15) is 16.5 Å². The summed E-state index contributed by atoms with van der Waals surface area (Å²) in [5, 5.41) is 6.48. The number of methoxy groups -OCH3 is 1. The second-order valence-electron chi connectivity index (χ2n) is 5.47. The number of carbonyl (C=O) groups is 1. The molecular formula is C19H15N3O2S. The summed E-state index contributed by atoms with van der Waals surface area (Å²) in [5.41, 5.74) is 3.11. The van der Waals surface area contributed by atoms with Gasteiger partial charge in [0.15, 0.2) is 0 Å². The minimum absolute atomic E-state index is 0.218. The second-order valence-corrected chi connectivity index (χ2v) is 6.32. The number of thiazole rings is 1. The van der Waals surface area contributed by atoms with E-state index < -0.39 is 0 Å². The maximum atomic E-state index is 12.5. The van der Waals surface area contributed by atoms with Gasteiger partial charge in [0, 0.05) is 28.0 Å². The lowest BCUT2D eigenvalue weighted by molar-refractivity contribution is 0.102. The quantitative estimate of drug-likeness (QED) is 0.568. The van der Waals surface area contributed by atoms with E-state index in [1.807, 2.05) is 54.7 Å². The van der Waals surface area contributed by atoms with Crippen molar-refractivity contribution in [2.45, 2.75) is 0 Å². The summed E-state index contributed by atoms with van der Waals surface area (Å²) in [6.45, 7) is 0. The average Bonchev–Trinajstić information content (AvgIpc) is 3.32. The van der Waals surface area contributed by atoms with Crippen LogP contribution in [0.1, 0.15) is 10.5 Å². The Balaban J connectivity index is 1.57. The van der Waals surface area contributed by atoms with E-state index in [0.29, 0.717) is 5.69 Å². The van der Waals surface area contributed by atoms with Gasteiger partial charge in [0.05, 0.1) is 12.8 Å². The maximum absolute atomic E-state index is 12.5. The van der Waals surface area contributed by atoms with Crippen LogP contribution in [-0.2, 0) is 0 Å². The Hall–Kier alpha value is -3.12. The molecule has 4 rings (SSSR count). The number of aromatic nitrogens is 2. The molecule has 0 bridgehead atoms. The number of rotatable bonds is 4. The van der Waals surface area contributed by atoms with Crippen LogP contribution in [0.5, 0.6) is 5.75 Å². The fourth-order valence-electron chi connectivity index (χ4n) is 2.62. The van der Waals surface area contributed by atoms with E-state index in [-0.39, 0.29) is 5.91 Å². The van der Waals surface area contributed by atoms with Crippen molar-refractivity contribution in [3.05, 3.63) is 65.8 Å². The third-order valence-corrected chi connectivity index (χ3v) is 4.81. The third kappa shape index (κ3) is 2.99. The Kier molecular flexibility index (Phi) is 3.95. The molecule has 25 heavy (non-hydrogen) atoms. The molecule has 0 aliphatic carbocycles. The average molecular weight is 349 g/mol. The monoisotopic (exact) mass is 349 g/mol. The van der Waals surface area contributed by atoms with Crippen molar-refractivity contribution in [3.8, 4) is 16.3 Å². The number of nitrogens with zero attached hydrogens (tertiary/aromatic N) is 1. The Morgan fingerprint density at radius 2 is 2.00 bits per heavy atom. The normalized spacial score (nSPS) is 10.8. The van der Waals surface area contributed by atoms with Gasteiger partial charge in [0.2, 0.25) is 0 Å². The minimum atomic E-state index is -0.218. The summed E-state index contributed by atoms with van der Waals surface area (Å²) < 4.78 is 5.16. The highest BCUT2D eigenvalue weighted by atomic mass is 32.1. The lowest BCUT2D eigenvalue weighted by Gasteiger charge is -2.04. The van der Waals surface area contributed by atoms with Crippen molar-refractivity contribution in [1.29, 1.82) is 0 Å². The van der Waals surface area contributed by atoms with E-state index in [2.05, 4.69) is 15.3 Å². The topological polar surface area (TPSA) is 67.0 Å². The standard InChI is InChI=1S/C19H15N3O2S/c1-24-13-7-5-12(6-8-13)19-22-17(11-25-19)18(23)21-16-4-2-3-15-14(16)9-10-20-15/h2-11,20H,1H3,(H,21,23). The minimum Gasteiger partial charge on any atom is -0.497 e. The number of ether oxygens (including phenoxy) is 1. The SMILES string of the molecule is COc1ccc(-c2nc(C(=O)Nc3cccc4[nH]ccc34)cs2)cc1. The fraction of sp³-hybridized carbons (Fsp3) is 0.0526. The largest absolute Gasteiger partial charge is 0.497 e. The lowest BCUT2D eigenvalue weighted by atomic mass is 10.2. The van der Waals surface area contributed by atoms with E-state index in [0.717, 1.165) is 32.9 Å². The molecule has 2 N–H and O–H groups in total. The smallest absolute Gasteiger partial charge is 0.275 e. The Morgan fingerprint density at radius 3 is 2.80 bits per heavy atom. The number of aromatic amines is 1. The Morgan fingerprint density at radius 1 is 1.16 bits per heavy atom. The first kappa shape index (κ1) is 15.4.